The maximum atomic E-state index is 11.7. The molecule has 100 valence electrons. The number of hydrogen-bond acceptors (Lipinski definition) is 3. The van der Waals surface area contributed by atoms with Gasteiger partial charge < -0.3 is 10.6 Å². The first-order chi connectivity index (χ1) is 8.61. The fourth-order valence-corrected chi connectivity index (χ4v) is 4.20. The fraction of sp³-hybridized carbons (Fsp3) is 0.846. The Morgan fingerprint density at radius 1 is 1.17 bits per heavy atom. The highest BCUT2D eigenvalue weighted by atomic mass is 16.2. The predicted octanol–water partition coefficient (Wildman–Crippen LogP) is 0.465. The topological polar surface area (TPSA) is 70.2 Å². The lowest BCUT2D eigenvalue weighted by molar-refractivity contribution is -0.121. The number of fused-ring (bicyclic) bond motifs is 5. The second-order valence-electron chi connectivity index (χ2n) is 5.97. The largest absolute Gasteiger partial charge is 0.341 e. The number of rotatable bonds is 3. The van der Waals surface area contributed by atoms with Gasteiger partial charge >= 0.3 is 6.03 Å². The lowest BCUT2D eigenvalue weighted by Gasteiger charge is -2.16. The second-order valence-corrected chi connectivity index (χ2v) is 5.97. The van der Waals surface area contributed by atoms with Gasteiger partial charge in [-0.1, -0.05) is 0 Å². The summed E-state index contributed by atoms with van der Waals surface area (Å²) in [7, 11) is 1.50. The van der Waals surface area contributed by atoms with E-state index in [2.05, 4.69) is 16.0 Å². The molecule has 2 bridgehead atoms. The summed E-state index contributed by atoms with van der Waals surface area (Å²) in [6.45, 7) is 1.83. The van der Waals surface area contributed by atoms with Crippen molar-refractivity contribution >= 4 is 11.9 Å². The van der Waals surface area contributed by atoms with Crippen LogP contribution in [-0.2, 0) is 4.79 Å². The summed E-state index contributed by atoms with van der Waals surface area (Å²) in [5.74, 6) is 3.16. The first-order valence-electron chi connectivity index (χ1n) is 6.90. The van der Waals surface area contributed by atoms with Crippen molar-refractivity contribution in [2.45, 2.75) is 38.3 Å². The number of carbonyl (C=O) groups is 2. The van der Waals surface area contributed by atoms with E-state index < -0.39 is 6.03 Å². The van der Waals surface area contributed by atoms with Crippen LogP contribution in [0.1, 0.15) is 26.2 Å². The van der Waals surface area contributed by atoms with Gasteiger partial charge in [-0.25, -0.2) is 4.79 Å². The summed E-state index contributed by atoms with van der Waals surface area (Å²) in [6, 6.07) is -0.219. The number of urea groups is 1. The molecule has 0 saturated heterocycles. The zero-order valence-electron chi connectivity index (χ0n) is 10.9. The molecular formula is C13H21N3O2. The Bertz CT molecular complexity index is 368. The molecule has 3 fully saturated rings. The molecule has 5 atom stereocenters. The second kappa shape index (κ2) is 4.23. The molecule has 3 saturated carbocycles. The van der Waals surface area contributed by atoms with Gasteiger partial charge in [-0.15, -0.1) is 0 Å². The lowest BCUT2D eigenvalue weighted by Crippen LogP contribution is -2.48. The first-order valence-corrected chi connectivity index (χ1v) is 6.90. The first kappa shape index (κ1) is 12.0. The van der Waals surface area contributed by atoms with Gasteiger partial charge in [0.2, 0.25) is 5.91 Å². The van der Waals surface area contributed by atoms with Gasteiger partial charge in [-0.2, -0.15) is 0 Å². The average Bonchev–Trinajstić information content (AvgIpc) is 2.75. The Hall–Kier alpha value is -1.10. The minimum atomic E-state index is -0.440. The molecule has 0 aromatic rings. The van der Waals surface area contributed by atoms with Crippen molar-refractivity contribution in [2.75, 3.05) is 7.05 Å². The smallest absolute Gasteiger partial charge is 0.321 e. The van der Waals surface area contributed by atoms with Gasteiger partial charge in [0.1, 0.15) is 0 Å². The molecule has 5 nitrogen and oxygen atoms in total. The van der Waals surface area contributed by atoms with E-state index in [-0.39, 0.29) is 11.9 Å². The third-order valence-electron chi connectivity index (χ3n) is 5.03. The molecule has 3 N–H and O–H groups in total. The van der Waals surface area contributed by atoms with E-state index in [0.29, 0.717) is 6.04 Å². The summed E-state index contributed by atoms with van der Waals surface area (Å²) in [5, 5.41) is 8.09. The van der Waals surface area contributed by atoms with Crippen LogP contribution in [0, 0.1) is 23.7 Å². The molecule has 3 rings (SSSR count). The van der Waals surface area contributed by atoms with E-state index in [1.807, 2.05) is 6.92 Å². The van der Waals surface area contributed by atoms with Crippen molar-refractivity contribution < 1.29 is 9.59 Å². The van der Waals surface area contributed by atoms with Crippen LogP contribution in [0.15, 0.2) is 0 Å². The molecule has 5 unspecified atom stereocenters. The Labute approximate surface area is 107 Å². The van der Waals surface area contributed by atoms with Crippen LogP contribution < -0.4 is 16.0 Å². The molecule has 3 amide bonds. The number of imide groups is 1. The molecule has 0 aromatic carbocycles. The Morgan fingerprint density at radius 3 is 2.33 bits per heavy atom. The van der Waals surface area contributed by atoms with E-state index in [4.69, 9.17) is 0 Å². The summed E-state index contributed by atoms with van der Waals surface area (Å²) < 4.78 is 0. The highest BCUT2D eigenvalue weighted by Crippen LogP contribution is 2.65. The maximum Gasteiger partial charge on any atom is 0.321 e. The molecule has 0 spiro atoms. The van der Waals surface area contributed by atoms with Crippen molar-refractivity contribution in [3.05, 3.63) is 0 Å². The zero-order valence-corrected chi connectivity index (χ0v) is 10.9. The van der Waals surface area contributed by atoms with Crippen LogP contribution in [0.3, 0.4) is 0 Å². The highest BCUT2D eigenvalue weighted by molar-refractivity contribution is 5.96. The fourth-order valence-electron chi connectivity index (χ4n) is 4.20. The van der Waals surface area contributed by atoms with Crippen LogP contribution in [0.5, 0.6) is 0 Å². The van der Waals surface area contributed by atoms with E-state index >= 15 is 0 Å². The summed E-state index contributed by atoms with van der Waals surface area (Å²) in [5.41, 5.74) is 0. The zero-order chi connectivity index (χ0) is 12.9. The number of amides is 3. The van der Waals surface area contributed by atoms with Crippen molar-refractivity contribution in [3.63, 3.8) is 0 Å². The van der Waals surface area contributed by atoms with E-state index in [1.165, 1.54) is 26.3 Å². The monoisotopic (exact) mass is 251 g/mol. The quantitative estimate of drug-likeness (QED) is 0.682. The SMILES string of the molecule is CNC(=O)NC(=O)C(C)NC1C2C3CCC(C3)C12. The van der Waals surface area contributed by atoms with E-state index in [1.54, 1.807) is 0 Å². The minimum absolute atomic E-state index is 0.244. The lowest BCUT2D eigenvalue weighted by atomic mass is 10.0. The van der Waals surface area contributed by atoms with Gasteiger partial charge in [0.25, 0.3) is 0 Å². The van der Waals surface area contributed by atoms with Gasteiger partial charge in [0.05, 0.1) is 6.04 Å². The van der Waals surface area contributed by atoms with Crippen LogP contribution in [0.25, 0.3) is 0 Å². The molecule has 3 aliphatic rings. The standard InChI is InChI=1S/C13H21N3O2/c1-6(12(17)16-13(18)14-2)15-11-9-7-3-4-8(5-7)10(9)11/h6-11,15H,3-5H2,1-2H3,(H2,14,16,17,18). The molecular weight excluding hydrogens is 230 g/mol. The van der Waals surface area contributed by atoms with Gasteiger partial charge in [-0.3, -0.25) is 10.1 Å². The van der Waals surface area contributed by atoms with E-state index in [0.717, 1.165) is 23.7 Å². The van der Waals surface area contributed by atoms with Crippen molar-refractivity contribution in [3.8, 4) is 0 Å². The van der Waals surface area contributed by atoms with Crippen LogP contribution >= 0.6 is 0 Å². The molecule has 0 aromatic heterocycles. The molecule has 0 radical (unpaired) electrons. The van der Waals surface area contributed by atoms with Gasteiger partial charge in [0.15, 0.2) is 0 Å². The van der Waals surface area contributed by atoms with E-state index in [9.17, 15) is 9.59 Å². The molecule has 5 heteroatoms. The normalized spacial score (nSPS) is 41.1. The number of nitrogens with one attached hydrogen (secondary N) is 3. The highest BCUT2D eigenvalue weighted by Gasteiger charge is 2.65. The van der Waals surface area contributed by atoms with Crippen LogP contribution in [0.4, 0.5) is 4.79 Å². The summed E-state index contributed by atoms with van der Waals surface area (Å²) in [6.07, 6.45) is 4.16. The van der Waals surface area contributed by atoms with Gasteiger partial charge in [0, 0.05) is 13.1 Å². The third-order valence-corrected chi connectivity index (χ3v) is 5.03. The molecule has 3 aliphatic carbocycles. The van der Waals surface area contributed by atoms with Crippen molar-refractivity contribution in [1.82, 2.24) is 16.0 Å². The Balaban J connectivity index is 1.49. The van der Waals surface area contributed by atoms with Crippen molar-refractivity contribution in [1.29, 1.82) is 0 Å². The maximum absolute atomic E-state index is 11.7. The molecule has 18 heavy (non-hydrogen) atoms. The minimum Gasteiger partial charge on any atom is -0.341 e. The molecule has 0 aliphatic heterocycles. The predicted molar refractivity (Wildman–Crippen MR) is 66.8 cm³/mol. The van der Waals surface area contributed by atoms with Gasteiger partial charge in [-0.05, 0) is 49.9 Å². The Morgan fingerprint density at radius 2 is 1.78 bits per heavy atom. The Kier molecular flexibility index (Phi) is 2.81. The average molecular weight is 251 g/mol. The summed E-state index contributed by atoms with van der Waals surface area (Å²) >= 11 is 0. The third kappa shape index (κ3) is 1.81. The number of hydrogen-bond donors (Lipinski definition) is 3. The van der Waals surface area contributed by atoms with Crippen LogP contribution in [-0.4, -0.2) is 31.1 Å². The number of carbonyl (C=O) groups excluding carboxylic acids is 2. The van der Waals surface area contributed by atoms with Crippen LogP contribution in [0.2, 0.25) is 0 Å². The van der Waals surface area contributed by atoms with Crippen molar-refractivity contribution in [2.24, 2.45) is 23.7 Å². The molecule has 0 heterocycles. The summed E-state index contributed by atoms with van der Waals surface area (Å²) in [4.78, 5) is 22.8.